The van der Waals surface area contributed by atoms with Crippen molar-refractivity contribution in [3.8, 4) is 0 Å². The second kappa shape index (κ2) is 14.7. The highest BCUT2D eigenvalue weighted by Gasteiger charge is 2.47. The van der Waals surface area contributed by atoms with E-state index < -0.39 is 40.4 Å². The van der Waals surface area contributed by atoms with Crippen molar-refractivity contribution in [1.82, 2.24) is 14.7 Å². The first-order valence-corrected chi connectivity index (χ1v) is 17.8. The molecule has 4 aliphatic rings. The van der Waals surface area contributed by atoms with Crippen molar-refractivity contribution in [2.75, 3.05) is 45.1 Å². The standard InChI is InChI=1S/C34H35Cl2N3O8S/c35-24-7-4-8-25(36)27(24)29-28(32(41)42)26(21-48(45)23-5-2-1-3-6-23)39(17-18-40)31(30(29)33(43)44)38-15-13-37(14-16-38)22-9-11-34(12-10-22)46-19-20-47-34/h1-8,17,22,29H,9-16,19-21H2,(H,41,42)(H,43,44). The van der Waals surface area contributed by atoms with Crippen LogP contribution >= 0.6 is 23.2 Å². The third kappa shape index (κ3) is 6.77. The molecular formula is C34H35Cl2N3O8S. The van der Waals surface area contributed by atoms with Crippen LogP contribution in [-0.4, -0.2) is 104 Å². The highest BCUT2D eigenvalue weighted by Crippen LogP contribution is 2.48. The van der Waals surface area contributed by atoms with Crippen molar-refractivity contribution in [2.24, 2.45) is 0 Å². The SMILES string of the molecule is O=C=CN1C(C[S+]([O-])c2ccccc2)=C(C(=O)O)C(c2c(Cl)cccc2Cl)C(C(=O)O)=C1N1CCN(C2CCC3(CC2)OCCO3)CC1. The molecular weight excluding hydrogens is 681 g/mol. The minimum absolute atomic E-state index is 0.0226. The summed E-state index contributed by atoms with van der Waals surface area (Å²) in [7, 11) is 0. The van der Waals surface area contributed by atoms with Crippen molar-refractivity contribution in [3.05, 3.63) is 93.0 Å². The first-order valence-electron chi connectivity index (χ1n) is 15.7. The van der Waals surface area contributed by atoms with Gasteiger partial charge in [0.15, 0.2) is 16.4 Å². The van der Waals surface area contributed by atoms with Gasteiger partial charge in [-0.3, -0.25) is 9.80 Å². The van der Waals surface area contributed by atoms with Crippen molar-refractivity contribution in [3.63, 3.8) is 0 Å². The molecule has 14 heteroatoms. The zero-order chi connectivity index (χ0) is 34.0. The average molecular weight is 717 g/mol. The topological polar surface area (TPSA) is 143 Å². The van der Waals surface area contributed by atoms with E-state index in [4.69, 9.17) is 32.7 Å². The number of aliphatic carboxylic acids is 2. The largest absolute Gasteiger partial charge is 0.611 e. The summed E-state index contributed by atoms with van der Waals surface area (Å²) in [5.74, 6) is -3.34. The number of carboxylic acid groups (broad SMARTS) is 2. The van der Waals surface area contributed by atoms with Gasteiger partial charge in [-0.1, -0.05) is 47.5 Å². The van der Waals surface area contributed by atoms with E-state index >= 15 is 0 Å². The van der Waals surface area contributed by atoms with Crippen molar-refractivity contribution >= 4 is 52.3 Å². The highest BCUT2D eigenvalue weighted by molar-refractivity contribution is 7.91. The molecule has 48 heavy (non-hydrogen) atoms. The maximum Gasteiger partial charge on any atom is 0.336 e. The van der Waals surface area contributed by atoms with Crippen LogP contribution in [0.15, 0.2) is 82.3 Å². The summed E-state index contributed by atoms with van der Waals surface area (Å²) in [5, 5.41) is 21.7. The van der Waals surface area contributed by atoms with Crippen LogP contribution < -0.4 is 0 Å². The van der Waals surface area contributed by atoms with Gasteiger partial charge < -0.3 is 29.1 Å². The summed E-state index contributed by atoms with van der Waals surface area (Å²) in [6.07, 6.45) is 4.37. The zero-order valence-corrected chi connectivity index (χ0v) is 28.3. The van der Waals surface area contributed by atoms with E-state index in [0.717, 1.165) is 31.9 Å². The summed E-state index contributed by atoms with van der Waals surface area (Å²) in [6.45, 7) is 3.15. The maximum absolute atomic E-state index is 13.7. The molecule has 2 N–H and O–H groups in total. The molecule has 11 nitrogen and oxygen atoms in total. The second-order valence-electron chi connectivity index (χ2n) is 12.1. The van der Waals surface area contributed by atoms with Gasteiger partial charge in [-0.05, 0) is 48.3 Å². The summed E-state index contributed by atoms with van der Waals surface area (Å²) in [5.41, 5.74) is -0.637. The fourth-order valence-electron chi connectivity index (χ4n) is 7.30. The lowest BCUT2D eigenvalue weighted by Crippen LogP contribution is -2.54. The van der Waals surface area contributed by atoms with E-state index in [9.17, 15) is 29.1 Å². The Kier molecular flexibility index (Phi) is 10.5. The monoisotopic (exact) mass is 715 g/mol. The van der Waals surface area contributed by atoms with Crippen molar-refractivity contribution in [1.29, 1.82) is 0 Å². The van der Waals surface area contributed by atoms with Crippen LogP contribution in [0, 0.1) is 0 Å². The molecule has 0 aromatic heterocycles. The number of benzene rings is 2. The van der Waals surface area contributed by atoms with Gasteiger partial charge in [0.2, 0.25) is 0 Å². The molecule has 2 unspecified atom stereocenters. The predicted octanol–water partition coefficient (Wildman–Crippen LogP) is 4.48. The van der Waals surface area contributed by atoms with Gasteiger partial charge in [0.25, 0.3) is 0 Å². The molecule has 254 valence electrons. The Bertz CT molecular complexity index is 1640. The summed E-state index contributed by atoms with van der Waals surface area (Å²) < 4.78 is 25.5. The fraction of sp³-hybridized carbons (Fsp3) is 0.412. The number of ether oxygens (including phenoxy) is 2. The summed E-state index contributed by atoms with van der Waals surface area (Å²) in [6, 6.07) is 13.4. The van der Waals surface area contributed by atoms with Gasteiger partial charge >= 0.3 is 11.9 Å². The molecule has 1 saturated carbocycles. The van der Waals surface area contributed by atoms with E-state index in [1.165, 1.54) is 17.0 Å². The Labute approximate surface area is 291 Å². The number of hydrogen-bond donors (Lipinski definition) is 2. The van der Waals surface area contributed by atoms with E-state index in [2.05, 4.69) is 4.90 Å². The summed E-state index contributed by atoms with van der Waals surface area (Å²) in [4.78, 5) is 44.4. The maximum atomic E-state index is 13.7. The Morgan fingerprint density at radius 3 is 2.10 bits per heavy atom. The fourth-order valence-corrected chi connectivity index (χ4v) is 9.09. The highest BCUT2D eigenvalue weighted by atomic mass is 35.5. The number of nitrogens with zero attached hydrogens (tertiary/aromatic N) is 3. The number of halogens is 2. The van der Waals surface area contributed by atoms with Crippen LogP contribution in [0.3, 0.4) is 0 Å². The average Bonchev–Trinajstić information content (AvgIpc) is 3.53. The smallest absolute Gasteiger partial charge is 0.336 e. The number of hydrogen-bond acceptors (Lipinski definition) is 9. The van der Waals surface area contributed by atoms with Gasteiger partial charge in [0.05, 0.1) is 42.2 Å². The normalized spacial score (nSPS) is 22.6. The molecule has 6 rings (SSSR count). The Hall–Kier alpha value is -3.32. The van der Waals surface area contributed by atoms with Crippen molar-refractivity contribution < 1.29 is 38.6 Å². The molecule has 2 saturated heterocycles. The molecule has 2 aromatic carbocycles. The van der Waals surface area contributed by atoms with E-state index in [-0.39, 0.29) is 38.5 Å². The van der Waals surface area contributed by atoms with Gasteiger partial charge in [0.1, 0.15) is 11.8 Å². The second-order valence-corrected chi connectivity index (χ2v) is 14.3. The Morgan fingerprint density at radius 2 is 1.54 bits per heavy atom. The van der Waals surface area contributed by atoms with Crippen LogP contribution in [0.1, 0.15) is 37.2 Å². The Morgan fingerprint density at radius 1 is 0.938 bits per heavy atom. The van der Waals surface area contributed by atoms with Crippen LogP contribution in [0.5, 0.6) is 0 Å². The number of rotatable bonds is 9. The molecule has 0 amide bonds. The minimum atomic E-state index is -1.78. The van der Waals surface area contributed by atoms with Gasteiger partial charge in [-0.15, -0.1) is 0 Å². The third-order valence-electron chi connectivity index (χ3n) is 9.51. The number of carbonyl (C=O) groups is 2. The zero-order valence-electron chi connectivity index (χ0n) is 26.0. The van der Waals surface area contributed by atoms with Crippen molar-refractivity contribution in [2.45, 2.75) is 48.3 Å². The molecule has 3 heterocycles. The first kappa shape index (κ1) is 34.5. The summed E-state index contributed by atoms with van der Waals surface area (Å²) >= 11 is 11.5. The van der Waals surface area contributed by atoms with Crippen LogP contribution in [0.2, 0.25) is 10.0 Å². The lowest BCUT2D eigenvalue weighted by atomic mass is 9.80. The number of carboxylic acids is 2. The molecule has 1 aliphatic carbocycles. The van der Waals surface area contributed by atoms with Gasteiger partial charge in [-0.2, -0.15) is 0 Å². The van der Waals surface area contributed by atoms with Gasteiger partial charge in [-0.25, -0.2) is 14.4 Å². The lowest BCUT2D eigenvalue weighted by Gasteiger charge is -2.47. The molecule has 1 spiro atoms. The molecule has 2 atom stereocenters. The predicted molar refractivity (Wildman–Crippen MR) is 178 cm³/mol. The lowest BCUT2D eigenvalue weighted by molar-refractivity contribution is -0.184. The molecule has 3 fully saturated rings. The first-order chi connectivity index (χ1) is 23.1. The van der Waals surface area contributed by atoms with Crippen LogP contribution in [0.25, 0.3) is 0 Å². The van der Waals surface area contributed by atoms with Crippen LogP contribution in [0.4, 0.5) is 0 Å². The quantitative estimate of drug-likeness (QED) is 0.280. The van der Waals surface area contributed by atoms with E-state index in [1.54, 1.807) is 42.3 Å². The minimum Gasteiger partial charge on any atom is -0.611 e. The van der Waals surface area contributed by atoms with Crippen LogP contribution in [-0.2, 0) is 35.0 Å². The third-order valence-corrected chi connectivity index (χ3v) is 11.5. The molecule has 3 aliphatic heterocycles. The number of piperazine rings is 1. The van der Waals surface area contributed by atoms with Gasteiger partial charge in [0, 0.05) is 60.7 Å². The molecule has 0 radical (unpaired) electrons. The molecule has 2 aromatic rings. The molecule has 0 bridgehead atoms. The Balaban J connectivity index is 1.41. The number of carbonyl (C=O) groups excluding carboxylic acids is 1. The van der Waals surface area contributed by atoms with E-state index in [0.29, 0.717) is 50.3 Å². The van der Waals surface area contributed by atoms with E-state index in [1.807, 2.05) is 4.90 Å².